The quantitative estimate of drug-likeness (QED) is 0.787. The van der Waals surface area contributed by atoms with Gasteiger partial charge in [0.15, 0.2) is 0 Å². The van der Waals surface area contributed by atoms with E-state index in [2.05, 4.69) is 63.9 Å². The van der Waals surface area contributed by atoms with Crippen molar-refractivity contribution in [3.63, 3.8) is 0 Å². The van der Waals surface area contributed by atoms with Crippen LogP contribution >= 0.6 is 0 Å². The van der Waals surface area contributed by atoms with Gasteiger partial charge < -0.3 is 16.0 Å². The van der Waals surface area contributed by atoms with Crippen molar-refractivity contribution in [2.45, 2.75) is 31.7 Å². The molecule has 29 heavy (non-hydrogen) atoms. The summed E-state index contributed by atoms with van der Waals surface area (Å²) in [6, 6.07) is 8.88. The number of likely N-dealkylation sites (tertiary alicyclic amines) is 1. The summed E-state index contributed by atoms with van der Waals surface area (Å²) in [6.45, 7) is 3.75. The zero-order valence-corrected chi connectivity index (χ0v) is 16.8. The van der Waals surface area contributed by atoms with Gasteiger partial charge in [0.05, 0.1) is 0 Å². The van der Waals surface area contributed by atoms with Gasteiger partial charge in [0.25, 0.3) is 0 Å². The standard InChI is InChI=1S/C25H28N4/c26-22(13-18-5-3-6-19-14-27-10-7-20(18)19)21-15-28-23-24(17-29-11-1-2-12-29)8-4-9-25(21,23)16-24/h3-7,9-10,13-15,23,28H,1-2,8,11-12,16-17,26H2/b22-13-. The number of benzene rings is 1. The molecule has 1 saturated carbocycles. The average molecular weight is 385 g/mol. The van der Waals surface area contributed by atoms with Crippen molar-refractivity contribution >= 4 is 16.8 Å². The van der Waals surface area contributed by atoms with Gasteiger partial charge >= 0.3 is 0 Å². The third kappa shape index (κ3) is 2.45. The van der Waals surface area contributed by atoms with E-state index in [1.807, 2.05) is 12.4 Å². The summed E-state index contributed by atoms with van der Waals surface area (Å²) in [5, 5.41) is 6.09. The Labute approximate surface area is 172 Å². The molecule has 148 valence electrons. The number of aromatic nitrogens is 1. The van der Waals surface area contributed by atoms with Crippen LogP contribution in [-0.4, -0.2) is 35.6 Å². The minimum Gasteiger partial charge on any atom is -0.398 e. The van der Waals surface area contributed by atoms with Gasteiger partial charge in [-0.25, -0.2) is 0 Å². The van der Waals surface area contributed by atoms with Crippen molar-refractivity contribution in [1.82, 2.24) is 15.2 Å². The molecular weight excluding hydrogens is 356 g/mol. The predicted molar refractivity (Wildman–Crippen MR) is 118 cm³/mol. The molecule has 0 spiro atoms. The fraction of sp³-hybridized carbons (Fsp3) is 0.400. The van der Waals surface area contributed by atoms with Crippen LogP contribution in [0.2, 0.25) is 0 Å². The van der Waals surface area contributed by atoms with Crippen LogP contribution in [0.3, 0.4) is 0 Å². The first-order chi connectivity index (χ1) is 14.2. The number of rotatable bonds is 4. The van der Waals surface area contributed by atoms with E-state index in [-0.39, 0.29) is 5.41 Å². The molecule has 3 heterocycles. The van der Waals surface area contributed by atoms with Gasteiger partial charge in [0.1, 0.15) is 0 Å². The molecule has 3 unspecified atom stereocenters. The van der Waals surface area contributed by atoms with E-state index in [1.54, 1.807) is 0 Å². The molecule has 2 aliphatic heterocycles. The highest BCUT2D eigenvalue weighted by atomic mass is 15.2. The number of allylic oxidation sites excluding steroid dienone is 2. The van der Waals surface area contributed by atoms with E-state index in [0.29, 0.717) is 11.5 Å². The molecule has 3 atom stereocenters. The molecule has 2 bridgehead atoms. The molecule has 4 heteroatoms. The zero-order valence-electron chi connectivity index (χ0n) is 16.8. The van der Waals surface area contributed by atoms with Crippen molar-refractivity contribution in [3.05, 3.63) is 71.8 Å². The summed E-state index contributed by atoms with van der Waals surface area (Å²) in [6.07, 6.45) is 18.1. The molecule has 4 nitrogen and oxygen atoms in total. The van der Waals surface area contributed by atoms with Gasteiger partial charge in [-0.15, -0.1) is 0 Å². The lowest BCUT2D eigenvalue weighted by Crippen LogP contribution is -2.67. The highest BCUT2D eigenvalue weighted by Gasteiger charge is 2.67. The maximum atomic E-state index is 6.72. The second-order valence-corrected chi connectivity index (χ2v) is 9.37. The molecule has 1 aromatic carbocycles. The van der Waals surface area contributed by atoms with Crippen LogP contribution in [0.1, 0.15) is 31.2 Å². The molecule has 2 fully saturated rings. The van der Waals surface area contributed by atoms with Gasteiger partial charge in [-0.3, -0.25) is 4.98 Å². The monoisotopic (exact) mass is 384 g/mol. The third-order valence-electron chi connectivity index (χ3n) is 7.68. The fourth-order valence-corrected chi connectivity index (χ4v) is 6.49. The Morgan fingerprint density at radius 3 is 3.07 bits per heavy atom. The van der Waals surface area contributed by atoms with Crippen molar-refractivity contribution in [2.75, 3.05) is 19.6 Å². The first-order valence-electron chi connectivity index (χ1n) is 10.9. The first-order valence-corrected chi connectivity index (χ1v) is 10.9. The molecule has 2 aliphatic carbocycles. The highest BCUT2D eigenvalue weighted by molar-refractivity contribution is 5.90. The summed E-state index contributed by atoms with van der Waals surface area (Å²) in [5.41, 5.74) is 10.5. The number of nitrogens with zero attached hydrogens (tertiary/aromatic N) is 2. The maximum absolute atomic E-state index is 6.72. The van der Waals surface area contributed by atoms with Crippen LogP contribution in [0.5, 0.6) is 0 Å². The van der Waals surface area contributed by atoms with Crippen molar-refractivity contribution in [2.24, 2.45) is 16.6 Å². The van der Waals surface area contributed by atoms with E-state index in [9.17, 15) is 0 Å². The molecule has 3 N–H and O–H groups in total. The zero-order chi connectivity index (χ0) is 19.5. The van der Waals surface area contributed by atoms with E-state index < -0.39 is 0 Å². The molecule has 1 aromatic heterocycles. The molecule has 6 rings (SSSR count). The summed E-state index contributed by atoms with van der Waals surface area (Å²) in [4.78, 5) is 6.92. The Morgan fingerprint density at radius 2 is 2.17 bits per heavy atom. The molecule has 0 amide bonds. The van der Waals surface area contributed by atoms with Gasteiger partial charge in [0.2, 0.25) is 0 Å². The van der Waals surface area contributed by atoms with Crippen LogP contribution in [0.15, 0.2) is 66.3 Å². The number of pyridine rings is 1. The molecule has 1 saturated heterocycles. The molecule has 4 aliphatic rings. The van der Waals surface area contributed by atoms with E-state index >= 15 is 0 Å². The average Bonchev–Trinajstić information content (AvgIpc) is 3.35. The Hall–Kier alpha value is -2.59. The summed E-state index contributed by atoms with van der Waals surface area (Å²) in [7, 11) is 0. The smallest absolute Gasteiger partial charge is 0.0460 e. The maximum Gasteiger partial charge on any atom is 0.0460 e. The molecule has 2 aromatic rings. The Balaban J connectivity index is 1.31. The van der Waals surface area contributed by atoms with Gasteiger partial charge in [-0.1, -0.05) is 30.4 Å². The Morgan fingerprint density at radius 1 is 1.28 bits per heavy atom. The second-order valence-electron chi connectivity index (χ2n) is 9.37. The molecular formula is C25H28N4. The normalized spacial score (nSPS) is 33.3. The number of nitrogens with one attached hydrogen (secondary N) is 1. The Bertz CT molecular complexity index is 1060. The van der Waals surface area contributed by atoms with E-state index in [4.69, 9.17) is 5.73 Å². The highest BCUT2D eigenvalue weighted by Crippen LogP contribution is 2.66. The van der Waals surface area contributed by atoms with Crippen LogP contribution in [0.4, 0.5) is 0 Å². The minimum atomic E-state index is 0.0741. The van der Waals surface area contributed by atoms with Crippen molar-refractivity contribution < 1.29 is 0 Å². The lowest BCUT2D eigenvalue weighted by Gasteiger charge is -2.63. The topological polar surface area (TPSA) is 54.2 Å². The second kappa shape index (κ2) is 6.20. The largest absolute Gasteiger partial charge is 0.398 e. The number of nitrogens with two attached hydrogens (primary N) is 1. The van der Waals surface area contributed by atoms with Gasteiger partial charge in [-0.05, 0) is 61.9 Å². The SMILES string of the molecule is N/C(=C\c1cccc2cnccc12)C1=CNC2C3(CN4CCCC4)CC=CC12C3. The fourth-order valence-electron chi connectivity index (χ4n) is 6.49. The summed E-state index contributed by atoms with van der Waals surface area (Å²) >= 11 is 0. The van der Waals surface area contributed by atoms with Crippen LogP contribution in [0, 0.1) is 10.8 Å². The van der Waals surface area contributed by atoms with E-state index in [1.165, 1.54) is 56.3 Å². The molecule has 0 radical (unpaired) electrons. The van der Waals surface area contributed by atoms with Gasteiger partial charge in [-0.2, -0.15) is 0 Å². The minimum absolute atomic E-state index is 0.0741. The first kappa shape index (κ1) is 17.3. The summed E-state index contributed by atoms with van der Waals surface area (Å²) in [5.74, 6) is 0. The number of fused-ring (bicyclic) bond motifs is 1. The summed E-state index contributed by atoms with van der Waals surface area (Å²) < 4.78 is 0. The van der Waals surface area contributed by atoms with Crippen molar-refractivity contribution in [3.8, 4) is 0 Å². The number of hydrogen-bond acceptors (Lipinski definition) is 4. The third-order valence-corrected chi connectivity index (χ3v) is 7.68. The van der Waals surface area contributed by atoms with Crippen LogP contribution < -0.4 is 11.1 Å². The van der Waals surface area contributed by atoms with Gasteiger partial charge in [0, 0.05) is 58.7 Å². The lowest BCUT2D eigenvalue weighted by atomic mass is 9.43. The van der Waals surface area contributed by atoms with Crippen LogP contribution in [-0.2, 0) is 0 Å². The van der Waals surface area contributed by atoms with Crippen molar-refractivity contribution in [1.29, 1.82) is 0 Å². The Kier molecular flexibility index (Phi) is 3.70. The lowest BCUT2D eigenvalue weighted by molar-refractivity contribution is -0.0472. The predicted octanol–water partition coefficient (Wildman–Crippen LogP) is 3.82. The van der Waals surface area contributed by atoms with Crippen LogP contribution in [0.25, 0.3) is 16.8 Å². The number of hydrogen-bond donors (Lipinski definition) is 2. The van der Waals surface area contributed by atoms with E-state index in [0.717, 1.165) is 16.6 Å².